The van der Waals surface area contributed by atoms with Gasteiger partial charge in [-0.15, -0.1) is 0 Å². The minimum Gasteiger partial charge on any atom is -0.465 e. The minimum atomic E-state index is -0.985. The summed E-state index contributed by atoms with van der Waals surface area (Å²) >= 11 is 0. The lowest BCUT2D eigenvalue weighted by atomic mass is 9.91. The first-order valence-electron chi connectivity index (χ1n) is 6.64. The van der Waals surface area contributed by atoms with Gasteiger partial charge in [0.1, 0.15) is 12.4 Å². The van der Waals surface area contributed by atoms with Crippen molar-refractivity contribution in [3.63, 3.8) is 0 Å². The van der Waals surface area contributed by atoms with E-state index in [0.717, 1.165) is 5.56 Å². The summed E-state index contributed by atoms with van der Waals surface area (Å²) in [5.74, 6) is -1.65. The molecule has 0 bridgehead atoms. The van der Waals surface area contributed by atoms with Crippen LogP contribution in [0.15, 0.2) is 36.7 Å². The van der Waals surface area contributed by atoms with Crippen molar-refractivity contribution in [2.45, 2.75) is 13.0 Å². The van der Waals surface area contributed by atoms with Crippen LogP contribution in [0, 0.1) is 5.92 Å². The van der Waals surface area contributed by atoms with Crippen LogP contribution in [-0.4, -0.2) is 33.2 Å². The fourth-order valence-corrected chi connectivity index (χ4v) is 2.47. The number of fused-ring (bicyclic) bond motifs is 1. The summed E-state index contributed by atoms with van der Waals surface area (Å²) in [6, 6.07) is 8.70. The molecule has 1 aliphatic heterocycles. The number of carbonyl (C=O) groups excluding carboxylic acids is 2. The second kappa shape index (κ2) is 5.35. The molecule has 1 amide bonds. The van der Waals surface area contributed by atoms with Crippen molar-refractivity contribution in [3.8, 4) is 0 Å². The number of nitrogens with zero attached hydrogens (tertiary/aromatic N) is 3. The third-order valence-corrected chi connectivity index (χ3v) is 3.35. The van der Waals surface area contributed by atoms with Gasteiger partial charge in [-0.25, -0.2) is 4.68 Å². The number of hydrogen-bond acceptors (Lipinski definition) is 5. The van der Waals surface area contributed by atoms with Gasteiger partial charge in [0.15, 0.2) is 5.92 Å². The highest BCUT2D eigenvalue weighted by molar-refractivity contribution is 6.06. The van der Waals surface area contributed by atoms with E-state index in [0.29, 0.717) is 5.95 Å². The molecule has 0 saturated carbocycles. The highest BCUT2D eigenvalue weighted by Gasteiger charge is 2.43. The maximum Gasteiger partial charge on any atom is 0.321 e. The molecule has 1 aromatic carbocycles. The van der Waals surface area contributed by atoms with Crippen LogP contribution in [0.5, 0.6) is 0 Å². The van der Waals surface area contributed by atoms with Crippen molar-refractivity contribution in [1.82, 2.24) is 14.8 Å². The Kier molecular flexibility index (Phi) is 3.39. The van der Waals surface area contributed by atoms with E-state index in [2.05, 4.69) is 15.4 Å². The van der Waals surface area contributed by atoms with Crippen LogP contribution >= 0.6 is 0 Å². The van der Waals surface area contributed by atoms with Crippen LogP contribution in [0.1, 0.15) is 18.5 Å². The molecule has 21 heavy (non-hydrogen) atoms. The number of carbonyl (C=O) groups is 2. The summed E-state index contributed by atoms with van der Waals surface area (Å²) in [4.78, 5) is 28.4. The molecule has 0 spiro atoms. The van der Waals surface area contributed by atoms with Gasteiger partial charge in [0.05, 0.1) is 6.61 Å². The van der Waals surface area contributed by atoms with Gasteiger partial charge < -0.3 is 4.74 Å². The van der Waals surface area contributed by atoms with Crippen LogP contribution in [0.3, 0.4) is 0 Å². The Hall–Kier alpha value is -2.70. The molecule has 1 aliphatic rings. The van der Waals surface area contributed by atoms with E-state index < -0.39 is 23.8 Å². The average molecular weight is 286 g/mol. The third kappa shape index (κ3) is 2.26. The zero-order chi connectivity index (χ0) is 14.8. The molecular formula is C14H14N4O3. The molecule has 7 heteroatoms. The number of nitrogens with one attached hydrogen (secondary N) is 1. The Morgan fingerprint density at radius 1 is 1.38 bits per heavy atom. The summed E-state index contributed by atoms with van der Waals surface area (Å²) in [6.45, 7) is 1.92. The monoisotopic (exact) mass is 286 g/mol. The van der Waals surface area contributed by atoms with Crippen molar-refractivity contribution >= 4 is 17.8 Å². The molecule has 0 unspecified atom stereocenters. The lowest BCUT2D eigenvalue weighted by Gasteiger charge is -2.30. The van der Waals surface area contributed by atoms with E-state index in [1.54, 1.807) is 11.6 Å². The maximum atomic E-state index is 12.3. The quantitative estimate of drug-likeness (QED) is 0.672. The smallest absolute Gasteiger partial charge is 0.321 e. The van der Waals surface area contributed by atoms with Gasteiger partial charge in [0, 0.05) is 0 Å². The number of benzene rings is 1. The van der Waals surface area contributed by atoms with Crippen molar-refractivity contribution < 1.29 is 14.3 Å². The van der Waals surface area contributed by atoms with Crippen molar-refractivity contribution in [3.05, 3.63) is 42.2 Å². The zero-order valence-corrected chi connectivity index (χ0v) is 11.4. The fraction of sp³-hybridized carbons (Fsp3) is 0.286. The molecule has 0 radical (unpaired) electrons. The number of aromatic nitrogens is 3. The molecule has 3 rings (SSSR count). The molecule has 2 aromatic rings. The number of rotatable bonds is 3. The van der Waals surface area contributed by atoms with E-state index in [4.69, 9.17) is 4.74 Å². The van der Waals surface area contributed by atoms with Crippen LogP contribution in [-0.2, 0) is 14.3 Å². The van der Waals surface area contributed by atoms with Crippen LogP contribution in [0.2, 0.25) is 0 Å². The summed E-state index contributed by atoms with van der Waals surface area (Å²) in [5.41, 5.74) is 0.803. The van der Waals surface area contributed by atoms with E-state index >= 15 is 0 Å². The second-order valence-electron chi connectivity index (χ2n) is 4.60. The molecule has 1 N–H and O–H groups in total. The Labute approximate surface area is 120 Å². The van der Waals surface area contributed by atoms with E-state index in [1.807, 2.05) is 30.3 Å². The Morgan fingerprint density at radius 3 is 2.86 bits per heavy atom. The topological polar surface area (TPSA) is 86.1 Å². The van der Waals surface area contributed by atoms with Gasteiger partial charge in [0.2, 0.25) is 11.9 Å². The molecule has 108 valence electrons. The molecule has 0 saturated heterocycles. The largest absolute Gasteiger partial charge is 0.465 e. The first kappa shape index (κ1) is 13.3. The van der Waals surface area contributed by atoms with E-state index in [9.17, 15) is 9.59 Å². The van der Waals surface area contributed by atoms with Gasteiger partial charge in [0.25, 0.3) is 0 Å². The molecule has 1 aromatic heterocycles. The van der Waals surface area contributed by atoms with Gasteiger partial charge in [-0.3, -0.25) is 14.9 Å². The maximum absolute atomic E-state index is 12.3. The van der Waals surface area contributed by atoms with Gasteiger partial charge in [-0.2, -0.15) is 10.1 Å². The van der Waals surface area contributed by atoms with Crippen LogP contribution < -0.4 is 5.32 Å². The number of hydrogen-bond donors (Lipinski definition) is 1. The van der Waals surface area contributed by atoms with E-state index in [1.165, 1.54) is 6.33 Å². The Balaban J connectivity index is 2.09. The van der Waals surface area contributed by atoms with E-state index in [-0.39, 0.29) is 6.61 Å². The average Bonchev–Trinajstić information content (AvgIpc) is 2.94. The first-order valence-corrected chi connectivity index (χ1v) is 6.64. The Morgan fingerprint density at radius 2 is 2.14 bits per heavy atom. The molecule has 2 atom stereocenters. The molecule has 0 aliphatic carbocycles. The van der Waals surface area contributed by atoms with Crippen molar-refractivity contribution in [2.75, 3.05) is 11.9 Å². The van der Waals surface area contributed by atoms with Gasteiger partial charge in [-0.05, 0) is 12.5 Å². The van der Waals surface area contributed by atoms with Gasteiger partial charge in [-0.1, -0.05) is 30.3 Å². The van der Waals surface area contributed by atoms with Crippen molar-refractivity contribution in [1.29, 1.82) is 0 Å². The van der Waals surface area contributed by atoms with Gasteiger partial charge >= 0.3 is 5.97 Å². The second-order valence-corrected chi connectivity index (χ2v) is 4.60. The fourth-order valence-electron chi connectivity index (χ4n) is 2.47. The summed E-state index contributed by atoms with van der Waals surface area (Å²) in [6.07, 6.45) is 1.35. The predicted octanol–water partition coefficient (Wildman–Crippen LogP) is 0.999. The summed E-state index contributed by atoms with van der Waals surface area (Å²) in [5, 5.41) is 6.70. The van der Waals surface area contributed by atoms with Crippen molar-refractivity contribution in [2.24, 2.45) is 5.92 Å². The number of ether oxygens (including phenoxy) is 1. The highest BCUT2D eigenvalue weighted by atomic mass is 16.5. The Bertz CT molecular complexity index is 668. The van der Waals surface area contributed by atoms with Crippen LogP contribution in [0.4, 0.5) is 5.95 Å². The predicted molar refractivity (Wildman–Crippen MR) is 73.4 cm³/mol. The highest BCUT2D eigenvalue weighted by Crippen LogP contribution is 2.33. The lowest BCUT2D eigenvalue weighted by Crippen LogP contribution is -2.43. The first-order chi connectivity index (χ1) is 10.2. The number of anilines is 1. The third-order valence-electron chi connectivity index (χ3n) is 3.35. The standard InChI is InChI=1S/C14H14N4O3/c1-2-21-13(20)10-11(9-6-4-3-5-7-9)18-14(15-8-16-18)17-12(10)19/h3-8,10-11H,2H2,1H3,(H,15,16,17,19)/t10-,11-/m1/s1. The molecule has 7 nitrogen and oxygen atoms in total. The lowest BCUT2D eigenvalue weighted by molar-refractivity contribution is -0.152. The SMILES string of the molecule is CCOC(=O)[C@H]1C(=O)Nc2ncnn2[C@@H]1c1ccccc1. The number of amides is 1. The molecule has 0 fully saturated rings. The molecule has 2 heterocycles. The summed E-state index contributed by atoms with van der Waals surface area (Å²) < 4.78 is 6.57. The summed E-state index contributed by atoms with van der Waals surface area (Å²) in [7, 11) is 0. The minimum absolute atomic E-state index is 0.217. The molecular weight excluding hydrogens is 272 g/mol. The van der Waals surface area contributed by atoms with Crippen LogP contribution in [0.25, 0.3) is 0 Å². The zero-order valence-electron chi connectivity index (χ0n) is 11.4. The normalized spacial score (nSPS) is 20.5. The number of esters is 1.